The van der Waals surface area contributed by atoms with E-state index in [9.17, 15) is 4.79 Å². The fourth-order valence-electron chi connectivity index (χ4n) is 4.33. The molecule has 1 amide bonds. The van der Waals surface area contributed by atoms with Gasteiger partial charge in [-0.3, -0.25) is 9.79 Å². The molecule has 0 bridgehead atoms. The van der Waals surface area contributed by atoms with Crippen LogP contribution in [0.3, 0.4) is 0 Å². The van der Waals surface area contributed by atoms with E-state index in [2.05, 4.69) is 29.0 Å². The van der Waals surface area contributed by atoms with Crippen LogP contribution >= 0.6 is 11.6 Å². The average molecular weight is 434 g/mol. The van der Waals surface area contributed by atoms with E-state index in [1.807, 2.05) is 29.2 Å². The van der Waals surface area contributed by atoms with Crippen molar-refractivity contribution in [3.8, 4) is 0 Å². The highest BCUT2D eigenvalue weighted by molar-refractivity contribution is 6.30. The summed E-state index contributed by atoms with van der Waals surface area (Å²) in [5.74, 6) is 1.81. The van der Waals surface area contributed by atoms with Gasteiger partial charge in [0.15, 0.2) is 5.96 Å². The number of carbonyl (C=O) groups is 1. The Balaban J connectivity index is 1.51. The second-order valence-corrected chi connectivity index (χ2v) is 8.71. The number of nitrogens with one attached hydrogen (secondary N) is 1. The van der Waals surface area contributed by atoms with Crippen molar-refractivity contribution in [3.05, 3.63) is 34.9 Å². The molecule has 1 atom stereocenters. The fourth-order valence-corrected chi connectivity index (χ4v) is 4.54. The van der Waals surface area contributed by atoms with Gasteiger partial charge in [-0.15, -0.1) is 0 Å². The highest BCUT2D eigenvalue weighted by Gasteiger charge is 2.24. The van der Waals surface area contributed by atoms with Crippen molar-refractivity contribution in [3.63, 3.8) is 0 Å². The Bertz CT molecular complexity index is 717. The molecule has 2 saturated heterocycles. The standard InChI is InChI=1S/C23H36ClN5O/c1-3-25-23(26-17-20-8-6-10-27(4-2)18-20)29-13-11-28(12-14-29)22(30)16-19-7-5-9-21(24)15-19/h5,7,9,15,20H,3-4,6,8,10-14,16-18H2,1-2H3,(H,25,26). The number of likely N-dealkylation sites (tertiary alicyclic amines) is 1. The highest BCUT2D eigenvalue weighted by Crippen LogP contribution is 2.17. The minimum Gasteiger partial charge on any atom is -0.357 e. The van der Waals surface area contributed by atoms with Gasteiger partial charge in [0.1, 0.15) is 0 Å². The van der Waals surface area contributed by atoms with Gasteiger partial charge in [-0.1, -0.05) is 30.7 Å². The zero-order valence-corrected chi connectivity index (χ0v) is 19.2. The zero-order valence-electron chi connectivity index (χ0n) is 18.4. The average Bonchev–Trinajstić information content (AvgIpc) is 2.77. The Hall–Kier alpha value is -1.79. The molecule has 0 aliphatic carbocycles. The number of halogens is 1. The number of amides is 1. The van der Waals surface area contributed by atoms with E-state index in [0.29, 0.717) is 17.4 Å². The maximum atomic E-state index is 12.7. The maximum Gasteiger partial charge on any atom is 0.227 e. The van der Waals surface area contributed by atoms with E-state index in [-0.39, 0.29) is 5.91 Å². The third kappa shape index (κ3) is 6.61. The van der Waals surface area contributed by atoms with Crippen LogP contribution in [0.25, 0.3) is 0 Å². The Morgan fingerprint density at radius 3 is 2.63 bits per heavy atom. The zero-order chi connectivity index (χ0) is 21.3. The predicted octanol–water partition coefficient (Wildman–Crippen LogP) is 2.72. The number of hydrogen-bond acceptors (Lipinski definition) is 3. The van der Waals surface area contributed by atoms with Gasteiger partial charge >= 0.3 is 0 Å². The molecule has 1 aromatic rings. The van der Waals surface area contributed by atoms with Gasteiger partial charge in [-0.25, -0.2) is 0 Å². The largest absolute Gasteiger partial charge is 0.357 e. The first-order chi connectivity index (χ1) is 14.6. The second-order valence-electron chi connectivity index (χ2n) is 8.27. The minimum absolute atomic E-state index is 0.167. The first-order valence-electron chi connectivity index (χ1n) is 11.4. The van der Waals surface area contributed by atoms with Gasteiger partial charge in [0.25, 0.3) is 0 Å². The summed E-state index contributed by atoms with van der Waals surface area (Å²) in [7, 11) is 0. The molecule has 2 aliphatic heterocycles. The number of carbonyl (C=O) groups excluding carboxylic acids is 1. The molecule has 2 aliphatic rings. The molecule has 0 saturated carbocycles. The van der Waals surface area contributed by atoms with Gasteiger partial charge in [0, 0.05) is 50.8 Å². The molecule has 1 N–H and O–H groups in total. The molecule has 6 nitrogen and oxygen atoms in total. The topological polar surface area (TPSA) is 51.2 Å². The molecule has 0 spiro atoms. The quantitative estimate of drug-likeness (QED) is 0.553. The lowest BCUT2D eigenvalue weighted by molar-refractivity contribution is -0.131. The van der Waals surface area contributed by atoms with Crippen molar-refractivity contribution in [2.24, 2.45) is 10.9 Å². The van der Waals surface area contributed by atoms with E-state index in [0.717, 1.165) is 63.9 Å². The van der Waals surface area contributed by atoms with Crippen LogP contribution in [0.1, 0.15) is 32.3 Å². The molecule has 0 radical (unpaired) electrons. The van der Waals surface area contributed by atoms with Gasteiger partial charge in [0.05, 0.1) is 6.42 Å². The maximum absolute atomic E-state index is 12.7. The van der Waals surface area contributed by atoms with Crippen molar-refractivity contribution in [2.45, 2.75) is 33.1 Å². The van der Waals surface area contributed by atoms with Crippen LogP contribution in [0.2, 0.25) is 5.02 Å². The highest BCUT2D eigenvalue weighted by atomic mass is 35.5. The summed E-state index contributed by atoms with van der Waals surface area (Å²) in [5.41, 5.74) is 0.971. The van der Waals surface area contributed by atoms with E-state index < -0.39 is 0 Å². The lowest BCUT2D eigenvalue weighted by Gasteiger charge is -2.37. The van der Waals surface area contributed by atoms with Crippen molar-refractivity contribution in [1.82, 2.24) is 20.0 Å². The van der Waals surface area contributed by atoms with Crippen molar-refractivity contribution < 1.29 is 4.79 Å². The summed E-state index contributed by atoms with van der Waals surface area (Å²) in [6.45, 7) is 12.7. The minimum atomic E-state index is 0.167. The molecule has 2 heterocycles. The molecule has 30 heavy (non-hydrogen) atoms. The number of benzene rings is 1. The van der Waals surface area contributed by atoms with E-state index >= 15 is 0 Å². The summed E-state index contributed by atoms with van der Waals surface area (Å²) in [6.07, 6.45) is 2.95. The molecular weight excluding hydrogens is 398 g/mol. The Kier molecular flexibility index (Phi) is 8.82. The summed E-state index contributed by atoms with van der Waals surface area (Å²) in [4.78, 5) is 24.4. The summed E-state index contributed by atoms with van der Waals surface area (Å²) >= 11 is 6.05. The van der Waals surface area contributed by atoms with Gasteiger partial charge in [0.2, 0.25) is 5.91 Å². The van der Waals surface area contributed by atoms with Crippen molar-refractivity contribution in [2.75, 3.05) is 58.9 Å². The number of piperazine rings is 1. The van der Waals surface area contributed by atoms with Crippen LogP contribution in [0.4, 0.5) is 0 Å². The predicted molar refractivity (Wildman–Crippen MR) is 124 cm³/mol. The van der Waals surface area contributed by atoms with Crippen molar-refractivity contribution in [1.29, 1.82) is 0 Å². The lowest BCUT2D eigenvalue weighted by atomic mass is 9.98. The lowest BCUT2D eigenvalue weighted by Crippen LogP contribution is -2.54. The smallest absolute Gasteiger partial charge is 0.227 e. The van der Waals surface area contributed by atoms with E-state index in [4.69, 9.17) is 16.6 Å². The third-order valence-corrected chi connectivity index (χ3v) is 6.30. The van der Waals surface area contributed by atoms with E-state index in [1.165, 1.54) is 19.4 Å². The Morgan fingerprint density at radius 1 is 1.17 bits per heavy atom. The second kappa shape index (κ2) is 11.6. The number of piperidine rings is 1. The van der Waals surface area contributed by atoms with Crippen LogP contribution < -0.4 is 5.32 Å². The number of nitrogens with zero attached hydrogens (tertiary/aromatic N) is 4. The first-order valence-corrected chi connectivity index (χ1v) is 11.7. The van der Waals surface area contributed by atoms with Crippen LogP contribution in [0.15, 0.2) is 29.3 Å². The van der Waals surface area contributed by atoms with E-state index in [1.54, 1.807) is 0 Å². The summed E-state index contributed by atoms with van der Waals surface area (Å²) in [6, 6.07) is 7.56. The molecule has 1 unspecified atom stereocenters. The molecule has 1 aromatic carbocycles. The number of guanidine groups is 1. The third-order valence-electron chi connectivity index (χ3n) is 6.06. The number of aliphatic imine (C=N–C) groups is 1. The fraction of sp³-hybridized carbons (Fsp3) is 0.652. The monoisotopic (exact) mass is 433 g/mol. The molecular formula is C23H36ClN5O. The van der Waals surface area contributed by atoms with Crippen LogP contribution in [0, 0.1) is 5.92 Å². The van der Waals surface area contributed by atoms with Crippen molar-refractivity contribution >= 4 is 23.5 Å². The summed E-state index contributed by atoms with van der Waals surface area (Å²) < 4.78 is 0. The number of rotatable bonds is 6. The Labute approximate surface area is 186 Å². The normalized spacial score (nSPS) is 21.0. The first kappa shape index (κ1) is 22.9. The molecule has 166 valence electrons. The van der Waals surface area contributed by atoms with Gasteiger partial charge in [-0.2, -0.15) is 0 Å². The molecule has 2 fully saturated rings. The molecule has 0 aromatic heterocycles. The number of hydrogen-bond donors (Lipinski definition) is 1. The molecule has 7 heteroatoms. The van der Waals surface area contributed by atoms with Crippen LogP contribution in [-0.4, -0.2) is 85.5 Å². The van der Waals surface area contributed by atoms with Crippen LogP contribution in [-0.2, 0) is 11.2 Å². The van der Waals surface area contributed by atoms with Gasteiger partial charge in [-0.05, 0) is 56.5 Å². The molecule has 3 rings (SSSR count). The Morgan fingerprint density at radius 2 is 1.93 bits per heavy atom. The SMILES string of the molecule is CCNC(=NCC1CCCN(CC)C1)N1CCN(C(=O)Cc2cccc(Cl)c2)CC1. The summed E-state index contributed by atoms with van der Waals surface area (Å²) in [5, 5.41) is 4.13. The van der Waals surface area contributed by atoms with Crippen LogP contribution in [0.5, 0.6) is 0 Å². The van der Waals surface area contributed by atoms with Gasteiger partial charge < -0.3 is 20.0 Å².